The lowest BCUT2D eigenvalue weighted by Gasteiger charge is -2.29. The van der Waals surface area contributed by atoms with E-state index in [2.05, 4.69) is 58.6 Å². The molecule has 0 fully saturated rings. The third-order valence-corrected chi connectivity index (χ3v) is 4.72. The van der Waals surface area contributed by atoms with Gasteiger partial charge in [0.05, 0.1) is 6.54 Å². The third kappa shape index (κ3) is 5.95. The van der Waals surface area contributed by atoms with Gasteiger partial charge in [-0.15, -0.1) is 0 Å². The van der Waals surface area contributed by atoms with Gasteiger partial charge in [-0.3, -0.25) is 4.99 Å². The highest BCUT2D eigenvalue weighted by molar-refractivity contribution is 5.80. The number of ether oxygens (including phenoxy) is 1. The molecule has 2 atom stereocenters. The summed E-state index contributed by atoms with van der Waals surface area (Å²) in [6, 6.07) is 0.784. The molecule has 1 aromatic heterocycles. The molecule has 0 amide bonds. The van der Waals surface area contributed by atoms with E-state index in [1.54, 1.807) is 7.11 Å². The van der Waals surface area contributed by atoms with Gasteiger partial charge in [0.1, 0.15) is 12.4 Å². The zero-order chi connectivity index (χ0) is 19.1. The molecule has 0 bridgehead atoms. The summed E-state index contributed by atoms with van der Waals surface area (Å²) in [5, 5.41) is 11.5. The van der Waals surface area contributed by atoms with Crippen molar-refractivity contribution in [2.45, 2.75) is 58.3 Å². The fourth-order valence-corrected chi connectivity index (χ4v) is 3.29. The smallest absolute Gasteiger partial charge is 0.191 e. The molecule has 0 saturated carbocycles. The fourth-order valence-electron chi connectivity index (χ4n) is 3.29. The zero-order valence-electron chi connectivity index (χ0n) is 17.1. The first-order valence-corrected chi connectivity index (χ1v) is 9.48. The van der Waals surface area contributed by atoms with Crippen molar-refractivity contribution in [2.75, 3.05) is 34.8 Å². The Morgan fingerprint density at radius 3 is 2.81 bits per heavy atom. The van der Waals surface area contributed by atoms with Crippen molar-refractivity contribution in [3.8, 4) is 0 Å². The lowest BCUT2D eigenvalue weighted by atomic mass is 10.0. The molecule has 0 spiro atoms. The van der Waals surface area contributed by atoms with Crippen molar-refractivity contribution >= 4 is 5.96 Å². The first-order valence-electron chi connectivity index (χ1n) is 9.48. The molecule has 26 heavy (non-hydrogen) atoms. The molecule has 2 unspecified atom stereocenters. The minimum Gasteiger partial charge on any atom is -0.377 e. The van der Waals surface area contributed by atoms with Gasteiger partial charge in [-0.25, -0.2) is 9.67 Å². The molecular weight excluding hydrogens is 330 g/mol. The molecule has 2 heterocycles. The maximum atomic E-state index is 5.13. The van der Waals surface area contributed by atoms with E-state index in [0.29, 0.717) is 24.6 Å². The van der Waals surface area contributed by atoms with Crippen molar-refractivity contribution in [1.29, 1.82) is 0 Å². The number of guanidine groups is 1. The van der Waals surface area contributed by atoms with E-state index in [4.69, 9.17) is 4.74 Å². The van der Waals surface area contributed by atoms with Crippen LogP contribution in [-0.4, -0.2) is 72.5 Å². The molecule has 1 aliphatic rings. The quantitative estimate of drug-likeness (QED) is 0.526. The van der Waals surface area contributed by atoms with Crippen LogP contribution in [0, 0.1) is 5.92 Å². The predicted molar refractivity (Wildman–Crippen MR) is 104 cm³/mol. The lowest BCUT2D eigenvalue weighted by molar-refractivity contribution is 0.177. The van der Waals surface area contributed by atoms with Gasteiger partial charge in [-0.1, -0.05) is 13.8 Å². The first-order chi connectivity index (χ1) is 12.4. The summed E-state index contributed by atoms with van der Waals surface area (Å²) in [4.78, 5) is 11.2. The highest BCUT2D eigenvalue weighted by atomic mass is 16.5. The minimum atomic E-state index is 0.300. The molecule has 2 N–H and O–H groups in total. The Bertz CT molecular complexity index is 582. The molecule has 1 aromatic rings. The largest absolute Gasteiger partial charge is 0.377 e. The van der Waals surface area contributed by atoms with Gasteiger partial charge in [0, 0.05) is 39.2 Å². The number of methoxy groups -OCH3 is 1. The molecule has 0 saturated heterocycles. The average molecular weight is 366 g/mol. The number of hydrogen-bond donors (Lipinski definition) is 2. The number of nitrogens with zero attached hydrogens (tertiary/aromatic N) is 5. The summed E-state index contributed by atoms with van der Waals surface area (Å²) >= 11 is 0. The highest BCUT2D eigenvalue weighted by Gasteiger charge is 2.23. The Kier molecular flexibility index (Phi) is 7.84. The van der Waals surface area contributed by atoms with Gasteiger partial charge in [-0.05, 0) is 32.9 Å². The number of fused-ring (bicyclic) bond motifs is 1. The van der Waals surface area contributed by atoms with Crippen LogP contribution in [0.5, 0.6) is 0 Å². The van der Waals surface area contributed by atoms with Crippen LogP contribution in [0.3, 0.4) is 0 Å². The summed E-state index contributed by atoms with van der Waals surface area (Å²) < 4.78 is 7.12. The molecule has 8 heteroatoms. The molecule has 2 rings (SSSR count). The normalized spacial score (nSPS) is 18.9. The summed E-state index contributed by atoms with van der Waals surface area (Å²) in [6.45, 7) is 6.67. The number of hydrogen-bond acceptors (Lipinski definition) is 5. The van der Waals surface area contributed by atoms with Gasteiger partial charge >= 0.3 is 0 Å². The SMILES string of the molecule is CN=C(NCC(CC(C)C)N(C)C)NC1CCc2nc(COC)nn2C1. The Morgan fingerprint density at radius 1 is 1.42 bits per heavy atom. The molecule has 1 aliphatic heterocycles. The van der Waals surface area contributed by atoms with E-state index in [1.165, 1.54) is 0 Å². The average Bonchev–Trinajstić information content (AvgIpc) is 2.98. The van der Waals surface area contributed by atoms with E-state index >= 15 is 0 Å². The van der Waals surface area contributed by atoms with Crippen molar-refractivity contribution in [2.24, 2.45) is 10.9 Å². The van der Waals surface area contributed by atoms with Crippen molar-refractivity contribution in [3.63, 3.8) is 0 Å². The number of aliphatic imine (C=N–C) groups is 1. The van der Waals surface area contributed by atoms with Crippen LogP contribution in [0.4, 0.5) is 0 Å². The molecular formula is C18H35N7O. The van der Waals surface area contributed by atoms with Crippen LogP contribution in [0.15, 0.2) is 4.99 Å². The van der Waals surface area contributed by atoms with Gasteiger partial charge in [0.2, 0.25) is 0 Å². The second kappa shape index (κ2) is 9.87. The van der Waals surface area contributed by atoms with Gasteiger partial charge in [0.25, 0.3) is 0 Å². The fraction of sp³-hybridized carbons (Fsp3) is 0.833. The van der Waals surface area contributed by atoms with E-state index in [0.717, 1.165) is 50.0 Å². The standard InChI is InChI=1S/C18H35N7O/c1-13(2)9-15(24(4)5)10-20-18(19-3)21-14-7-8-17-22-16(12-26-6)23-25(17)11-14/h13-15H,7-12H2,1-6H3,(H2,19,20,21). The van der Waals surface area contributed by atoms with E-state index < -0.39 is 0 Å². The Labute approximate surface area is 157 Å². The molecule has 0 aliphatic carbocycles. The van der Waals surface area contributed by atoms with E-state index in [-0.39, 0.29) is 0 Å². The summed E-state index contributed by atoms with van der Waals surface area (Å²) in [5.41, 5.74) is 0. The summed E-state index contributed by atoms with van der Waals surface area (Å²) in [5.74, 6) is 3.33. The Morgan fingerprint density at radius 2 is 2.19 bits per heavy atom. The van der Waals surface area contributed by atoms with Crippen LogP contribution in [0.1, 0.15) is 38.3 Å². The van der Waals surface area contributed by atoms with Crippen molar-refractivity contribution < 1.29 is 4.74 Å². The second-order valence-electron chi connectivity index (χ2n) is 7.64. The monoisotopic (exact) mass is 365 g/mol. The highest BCUT2D eigenvalue weighted by Crippen LogP contribution is 2.13. The predicted octanol–water partition coefficient (Wildman–Crippen LogP) is 0.881. The number of aromatic nitrogens is 3. The Hall–Kier alpha value is -1.67. The summed E-state index contributed by atoms with van der Waals surface area (Å²) in [7, 11) is 7.76. The Balaban J connectivity index is 1.87. The van der Waals surface area contributed by atoms with Crippen molar-refractivity contribution in [3.05, 3.63) is 11.6 Å². The van der Waals surface area contributed by atoms with Crippen LogP contribution in [0.2, 0.25) is 0 Å². The number of nitrogens with one attached hydrogen (secondary N) is 2. The minimum absolute atomic E-state index is 0.300. The van der Waals surface area contributed by atoms with Gasteiger partial charge in [0.15, 0.2) is 11.8 Å². The van der Waals surface area contributed by atoms with Crippen LogP contribution >= 0.6 is 0 Å². The number of likely N-dealkylation sites (N-methyl/N-ethyl adjacent to an activating group) is 1. The molecule has 0 aromatic carbocycles. The van der Waals surface area contributed by atoms with Crippen molar-refractivity contribution in [1.82, 2.24) is 30.3 Å². The first kappa shape index (κ1) is 20.6. The van der Waals surface area contributed by atoms with Crippen LogP contribution in [-0.2, 0) is 24.3 Å². The van der Waals surface area contributed by atoms with E-state index in [9.17, 15) is 0 Å². The van der Waals surface area contributed by atoms with Crippen LogP contribution < -0.4 is 10.6 Å². The van der Waals surface area contributed by atoms with Gasteiger partial charge in [-0.2, -0.15) is 5.10 Å². The molecule has 148 valence electrons. The maximum absolute atomic E-state index is 5.13. The lowest BCUT2D eigenvalue weighted by Crippen LogP contribution is -2.50. The maximum Gasteiger partial charge on any atom is 0.191 e. The van der Waals surface area contributed by atoms with Crippen LogP contribution in [0.25, 0.3) is 0 Å². The summed E-state index contributed by atoms with van der Waals surface area (Å²) in [6.07, 6.45) is 3.10. The second-order valence-corrected chi connectivity index (χ2v) is 7.64. The number of aryl methyl sites for hydroxylation is 1. The third-order valence-electron chi connectivity index (χ3n) is 4.72. The molecule has 0 radical (unpaired) electrons. The van der Waals surface area contributed by atoms with Gasteiger partial charge < -0.3 is 20.3 Å². The topological polar surface area (TPSA) is 79.6 Å². The number of rotatable bonds is 8. The molecule has 8 nitrogen and oxygen atoms in total. The van der Waals surface area contributed by atoms with E-state index in [1.807, 2.05) is 11.7 Å². The zero-order valence-corrected chi connectivity index (χ0v) is 17.1.